The lowest BCUT2D eigenvalue weighted by Gasteiger charge is -2.08. The number of halogens is 4. The van der Waals surface area contributed by atoms with Gasteiger partial charge in [-0.3, -0.25) is 0 Å². The highest BCUT2D eigenvalue weighted by Crippen LogP contribution is 2.29. The quantitative estimate of drug-likeness (QED) is 0.600. The summed E-state index contributed by atoms with van der Waals surface area (Å²) in [7, 11) is 0. The Morgan fingerprint density at radius 1 is 1.46 bits per heavy atom. The van der Waals surface area contributed by atoms with E-state index in [2.05, 4.69) is 4.98 Å². The molecule has 0 aliphatic carbocycles. The molecular weight excluding hydrogens is 406 g/mol. The van der Waals surface area contributed by atoms with Gasteiger partial charge in [-0.1, -0.05) is 0 Å². The van der Waals surface area contributed by atoms with E-state index in [1.165, 1.54) is 6.20 Å². The van der Waals surface area contributed by atoms with Crippen molar-refractivity contribution in [3.05, 3.63) is 24.6 Å². The molecule has 0 saturated heterocycles. The first-order valence-electron chi connectivity index (χ1n) is 3.29. The van der Waals surface area contributed by atoms with Gasteiger partial charge in [0.2, 0.25) is 0 Å². The second-order valence-electron chi connectivity index (χ2n) is 2.26. The number of hydrogen-bond donors (Lipinski definition) is 1. The number of aliphatic hydroxyl groups is 1. The molecule has 1 N–H and O–H groups in total. The fraction of sp³-hybridized carbons (Fsp3) is 0.286. The third-order valence-electron chi connectivity index (χ3n) is 1.46. The normalized spacial score (nSPS) is 10.9. The highest BCUT2D eigenvalue weighted by Gasteiger charge is 2.18. The molecule has 13 heavy (non-hydrogen) atoms. The van der Waals surface area contributed by atoms with Crippen molar-refractivity contribution >= 4 is 45.2 Å². The van der Waals surface area contributed by atoms with Crippen LogP contribution in [0, 0.1) is 7.27 Å². The van der Waals surface area contributed by atoms with Crippen LogP contribution in [0.15, 0.2) is 6.20 Å². The van der Waals surface area contributed by atoms with Gasteiger partial charge in [0.25, 0.3) is 6.43 Å². The second-order valence-corrected chi connectivity index (χ2v) is 4.36. The lowest BCUT2D eigenvalue weighted by Crippen LogP contribution is -2.02. The smallest absolute Gasteiger partial charge is 0.267 e. The third-order valence-corrected chi connectivity index (χ3v) is 3.60. The van der Waals surface area contributed by atoms with E-state index in [0.717, 1.165) is 0 Å². The Labute approximate surface area is 101 Å². The van der Waals surface area contributed by atoms with Gasteiger partial charge in [0, 0.05) is 15.3 Å². The van der Waals surface area contributed by atoms with Gasteiger partial charge >= 0.3 is 0 Å². The van der Waals surface area contributed by atoms with Gasteiger partial charge in [-0.2, -0.15) is 0 Å². The van der Waals surface area contributed by atoms with Crippen molar-refractivity contribution in [3.8, 4) is 0 Å². The molecule has 0 saturated carbocycles. The minimum absolute atomic E-state index is 0.0900. The lowest BCUT2D eigenvalue weighted by atomic mass is 10.2. The van der Waals surface area contributed by atoms with Crippen LogP contribution in [0.4, 0.5) is 8.78 Å². The van der Waals surface area contributed by atoms with Crippen LogP contribution in [-0.2, 0) is 6.61 Å². The second kappa shape index (κ2) is 4.78. The van der Waals surface area contributed by atoms with Crippen LogP contribution in [0.25, 0.3) is 0 Å². The van der Waals surface area contributed by atoms with Gasteiger partial charge in [0.1, 0.15) is 3.70 Å². The lowest BCUT2D eigenvalue weighted by molar-refractivity contribution is 0.148. The molecule has 0 amide bonds. The number of hydrogen-bond acceptors (Lipinski definition) is 2. The molecule has 1 heterocycles. The monoisotopic (exact) mass is 411 g/mol. The van der Waals surface area contributed by atoms with Crippen LogP contribution < -0.4 is 0 Å². The summed E-state index contributed by atoms with van der Waals surface area (Å²) in [5.74, 6) is 0. The van der Waals surface area contributed by atoms with Gasteiger partial charge in [-0.15, -0.1) is 0 Å². The van der Waals surface area contributed by atoms with E-state index in [9.17, 15) is 8.78 Å². The summed E-state index contributed by atoms with van der Waals surface area (Å²) in [6, 6.07) is 0. The minimum atomic E-state index is -2.54. The summed E-state index contributed by atoms with van der Waals surface area (Å²) >= 11 is 3.55. The van der Waals surface area contributed by atoms with Gasteiger partial charge in [-0.05, 0) is 45.2 Å². The maximum atomic E-state index is 12.5. The Kier molecular flexibility index (Phi) is 4.23. The van der Waals surface area contributed by atoms with E-state index >= 15 is 0 Å². The van der Waals surface area contributed by atoms with Crippen LogP contribution >= 0.6 is 45.2 Å². The number of aliphatic hydroxyl groups excluding tert-OH is 1. The van der Waals surface area contributed by atoms with E-state index in [1.807, 2.05) is 0 Å². The topological polar surface area (TPSA) is 33.1 Å². The van der Waals surface area contributed by atoms with Crippen LogP contribution in [0.5, 0.6) is 0 Å². The molecule has 0 fully saturated rings. The van der Waals surface area contributed by atoms with Crippen LogP contribution in [0.2, 0.25) is 0 Å². The summed E-state index contributed by atoms with van der Waals surface area (Å²) in [5, 5.41) is 8.82. The standard InChI is InChI=1S/C7H5F2I2NO/c8-6(9)4-5(10)3(2-13)1-12-7(4)11/h1,6,13H,2H2. The molecule has 2 nitrogen and oxygen atoms in total. The minimum Gasteiger partial charge on any atom is -0.392 e. The molecule has 1 rings (SSSR count). The molecule has 1 aromatic heterocycles. The predicted molar refractivity (Wildman–Crippen MR) is 60.6 cm³/mol. The van der Waals surface area contributed by atoms with Crippen molar-refractivity contribution in [1.82, 2.24) is 4.98 Å². The Morgan fingerprint density at radius 3 is 2.54 bits per heavy atom. The SMILES string of the molecule is OCc1cnc(I)c(C(F)F)c1I. The Bertz CT molecular complexity index is 320. The van der Waals surface area contributed by atoms with E-state index in [-0.39, 0.29) is 15.9 Å². The largest absolute Gasteiger partial charge is 0.392 e. The molecule has 0 aromatic carbocycles. The van der Waals surface area contributed by atoms with Crippen molar-refractivity contribution in [3.63, 3.8) is 0 Å². The zero-order valence-corrected chi connectivity index (χ0v) is 10.6. The summed E-state index contributed by atoms with van der Waals surface area (Å²) in [4.78, 5) is 3.77. The van der Waals surface area contributed by atoms with Crippen molar-refractivity contribution in [1.29, 1.82) is 0 Å². The number of pyridine rings is 1. The zero-order chi connectivity index (χ0) is 10.0. The Balaban J connectivity index is 3.30. The van der Waals surface area contributed by atoms with Gasteiger partial charge in [0.05, 0.1) is 12.2 Å². The molecular formula is C7H5F2I2NO. The van der Waals surface area contributed by atoms with Crippen molar-refractivity contribution in [2.75, 3.05) is 0 Å². The molecule has 0 bridgehead atoms. The van der Waals surface area contributed by atoms with E-state index < -0.39 is 6.43 Å². The Morgan fingerprint density at radius 2 is 2.08 bits per heavy atom. The van der Waals surface area contributed by atoms with E-state index in [4.69, 9.17) is 5.11 Å². The number of alkyl halides is 2. The van der Waals surface area contributed by atoms with Crippen LogP contribution in [0.1, 0.15) is 17.6 Å². The van der Waals surface area contributed by atoms with Gasteiger partial charge < -0.3 is 5.11 Å². The first kappa shape index (κ1) is 11.5. The van der Waals surface area contributed by atoms with Crippen molar-refractivity contribution in [2.45, 2.75) is 13.0 Å². The number of nitrogens with zero attached hydrogens (tertiary/aromatic N) is 1. The van der Waals surface area contributed by atoms with Gasteiger partial charge in [-0.25, -0.2) is 13.8 Å². The Hall–Kier alpha value is 0.430. The molecule has 0 atom stereocenters. The first-order chi connectivity index (χ1) is 6.07. The summed E-state index contributed by atoms with van der Waals surface area (Å²) in [5.41, 5.74) is 0.351. The third kappa shape index (κ3) is 2.46. The molecule has 0 spiro atoms. The molecule has 72 valence electrons. The van der Waals surface area contributed by atoms with Crippen LogP contribution in [-0.4, -0.2) is 10.1 Å². The molecule has 0 aliphatic heterocycles. The van der Waals surface area contributed by atoms with Crippen molar-refractivity contribution < 1.29 is 13.9 Å². The molecule has 6 heteroatoms. The average molecular weight is 411 g/mol. The highest BCUT2D eigenvalue weighted by atomic mass is 127. The first-order valence-corrected chi connectivity index (χ1v) is 5.45. The fourth-order valence-electron chi connectivity index (χ4n) is 0.820. The van der Waals surface area contributed by atoms with Gasteiger partial charge in [0.15, 0.2) is 0 Å². The fourth-order valence-corrected chi connectivity index (χ4v) is 2.78. The average Bonchev–Trinajstić information content (AvgIpc) is 2.04. The maximum absolute atomic E-state index is 12.5. The van der Waals surface area contributed by atoms with Crippen molar-refractivity contribution in [2.24, 2.45) is 0 Å². The summed E-state index contributed by atoms with van der Waals surface area (Å²) in [6.07, 6.45) is -1.13. The summed E-state index contributed by atoms with van der Waals surface area (Å²) in [6.45, 7) is -0.262. The molecule has 0 aliphatic rings. The molecule has 0 unspecified atom stereocenters. The zero-order valence-electron chi connectivity index (χ0n) is 6.27. The maximum Gasteiger partial charge on any atom is 0.267 e. The van der Waals surface area contributed by atoms with E-state index in [0.29, 0.717) is 9.13 Å². The molecule has 1 aromatic rings. The summed E-state index contributed by atoms with van der Waals surface area (Å²) < 4.78 is 25.6. The highest BCUT2D eigenvalue weighted by molar-refractivity contribution is 14.1. The predicted octanol–water partition coefficient (Wildman–Crippen LogP) is 2.72. The van der Waals surface area contributed by atoms with E-state index in [1.54, 1.807) is 45.2 Å². The molecule has 0 radical (unpaired) electrons. The number of rotatable bonds is 2. The van der Waals surface area contributed by atoms with Crippen LogP contribution in [0.3, 0.4) is 0 Å². The number of aromatic nitrogens is 1.